The lowest BCUT2D eigenvalue weighted by Gasteiger charge is -2.08. The van der Waals surface area contributed by atoms with Crippen molar-refractivity contribution < 1.29 is 22.3 Å². The molecule has 5 nitrogen and oxygen atoms in total. The number of nitrogens with two attached hydrogens (primary N) is 1. The van der Waals surface area contributed by atoms with Crippen LogP contribution in [0.2, 0.25) is 0 Å². The van der Waals surface area contributed by atoms with Crippen LogP contribution in [0.4, 0.5) is 4.39 Å². The van der Waals surface area contributed by atoms with Gasteiger partial charge in [-0.05, 0) is 12.1 Å². The fourth-order valence-corrected chi connectivity index (χ4v) is 2.10. The molecule has 16 heavy (non-hydrogen) atoms. The summed E-state index contributed by atoms with van der Waals surface area (Å²) in [6, 6.07) is 1.62. The molecule has 1 aromatic rings. The zero-order chi connectivity index (χ0) is 12.5. The maximum Gasteiger partial charge on any atom is 0.265 e. The molecule has 2 N–H and O–H groups in total. The molecule has 0 aliphatic rings. The summed E-state index contributed by atoms with van der Waals surface area (Å²) in [5.41, 5.74) is 4.59. The van der Waals surface area contributed by atoms with Gasteiger partial charge in [0.15, 0.2) is 11.6 Å². The van der Waals surface area contributed by atoms with E-state index in [1.54, 1.807) is 0 Å². The molecule has 0 aromatic heterocycles. The quantitative estimate of drug-likeness (QED) is 0.823. The molecule has 1 rings (SSSR count). The van der Waals surface area contributed by atoms with Crippen molar-refractivity contribution in [2.24, 2.45) is 5.73 Å². The third kappa shape index (κ3) is 2.42. The van der Waals surface area contributed by atoms with Crippen molar-refractivity contribution in [3.63, 3.8) is 0 Å². The lowest BCUT2D eigenvalue weighted by Crippen LogP contribution is -2.13. The van der Waals surface area contributed by atoms with Gasteiger partial charge in [-0.25, -0.2) is 12.8 Å². The predicted molar refractivity (Wildman–Crippen MR) is 54.5 cm³/mol. The van der Waals surface area contributed by atoms with E-state index < -0.39 is 31.4 Å². The molecule has 1 amide bonds. The van der Waals surface area contributed by atoms with Crippen molar-refractivity contribution in [3.05, 3.63) is 23.5 Å². The number of hydrogen-bond donors (Lipinski definition) is 1. The number of rotatable bonds is 3. The number of hydrogen-bond acceptors (Lipinski definition) is 4. The van der Waals surface area contributed by atoms with Gasteiger partial charge in [0.25, 0.3) is 9.05 Å². The first-order valence-electron chi connectivity index (χ1n) is 3.89. The van der Waals surface area contributed by atoms with Crippen LogP contribution in [0, 0.1) is 5.82 Å². The van der Waals surface area contributed by atoms with E-state index in [-0.39, 0.29) is 5.56 Å². The van der Waals surface area contributed by atoms with Gasteiger partial charge in [-0.1, -0.05) is 0 Å². The molecular weight excluding hydrogens is 261 g/mol. The lowest BCUT2D eigenvalue weighted by atomic mass is 10.2. The average Bonchev–Trinajstić information content (AvgIpc) is 2.14. The van der Waals surface area contributed by atoms with Crippen LogP contribution >= 0.6 is 10.7 Å². The van der Waals surface area contributed by atoms with E-state index >= 15 is 0 Å². The van der Waals surface area contributed by atoms with Gasteiger partial charge in [0, 0.05) is 16.2 Å². The van der Waals surface area contributed by atoms with Crippen molar-refractivity contribution in [3.8, 4) is 5.75 Å². The van der Waals surface area contributed by atoms with Gasteiger partial charge in [0.2, 0.25) is 5.91 Å². The highest BCUT2D eigenvalue weighted by Crippen LogP contribution is 2.30. The Balaban J connectivity index is 3.62. The Hall–Kier alpha value is -1.34. The van der Waals surface area contributed by atoms with E-state index in [2.05, 4.69) is 4.74 Å². The molecule has 0 bridgehead atoms. The Morgan fingerprint density at radius 1 is 1.50 bits per heavy atom. The minimum atomic E-state index is -4.22. The number of halogens is 2. The third-order valence-corrected chi connectivity index (χ3v) is 3.09. The van der Waals surface area contributed by atoms with E-state index in [1.165, 1.54) is 0 Å². The highest BCUT2D eigenvalue weighted by Gasteiger charge is 2.22. The maximum atomic E-state index is 13.3. The van der Waals surface area contributed by atoms with Crippen LogP contribution in [0.1, 0.15) is 10.4 Å². The van der Waals surface area contributed by atoms with Crippen LogP contribution in [0.3, 0.4) is 0 Å². The summed E-state index contributed by atoms with van der Waals surface area (Å²) in [5.74, 6) is -2.55. The first-order chi connectivity index (χ1) is 7.27. The second-order valence-electron chi connectivity index (χ2n) is 2.79. The van der Waals surface area contributed by atoms with Crippen LogP contribution in [0.25, 0.3) is 0 Å². The number of methoxy groups -OCH3 is 1. The molecule has 0 atom stereocenters. The summed E-state index contributed by atoms with van der Waals surface area (Å²) in [7, 11) is 1.92. The summed E-state index contributed by atoms with van der Waals surface area (Å²) in [4.78, 5) is 10.2. The van der Waals surface area contributed by atoms with Gasteiger partial charge >= 0.3 is 0 Å². The van der Waals surface area contributed by atoms with Gasteiger partial charge in [-0.3, -0.25) is 4.79 Å². The van der Waals surface area contributed by atoms with Gasteiger partial charge in [0.05, 0.1) is 7.11 Å². The smallest absolute Gasteiger partial charge is 0.265 e. The van der Waals surface area contributed by atoms with Crippen LogP contribution in [0.5, 0.6) is 5.75 Å². The highest BCUT2D eigenvalue weighted by molar-refractivity contribution is 8.13. The Kier molecular flexibility index (Phi) is 3.39. The van der Waals surface area contributed by atoms with Gasteiger partial charge in [-0.2, -0.15) is 0 Å². The zero-order valence-corrected chi connectivity index (χ0v) is 9.60. The van der Waals surface area contributed by atoms with Crippen LogP contribution in [-0.2, 0) is 9.05 Å². The molecule has 0 unspecified atom stereocenters. The van der Waals surface area contributed by atoms with E-state index in [0.29, 0.717) is 0 Å². The largest absolute Gasteiger partial charge is 0.492 e. The van der Waals surface area contributed by atoms with Gasteiger partial charge in [0.1, 0.15) is 4.90 Å². The Morgan fingerprint density at radius 3 is 2.44 bits per heavy atom. The average molecular weight is 268 g/mol. The summed E-state index contributed by atoms with van der Waals surface area (Å²) in [6.45, 7) is 0. The Labute approximate surface area is 95.4 Å². The summed E-state index contributed by atoms with van der Waals surface area (Å²) < 4.78 is 40.1. The number of primary amides is 1. The third-order valence-electron chi connectivity index (χ3n) is 1.76. The number of ether oxygens (including phenoxy) is 1. The number of carbonyl (C=O) groups is 1. The SMILES string of the molecule is COc1c(F)cc(C(N)=O)cc1S(=O)(=O)Cl. The molecule has 0 saturated carbocycles. The lowest BCUT2D eigenvalue weighted by molar-refractivity contribution is 0.0999. The van der Waals surface area contributed by atoms with Gasteiger partial charge in [-0.15, -0.1) is 0 Å². The standard InChI is InChI=1S/C8H7ClFNO4S/c1-15-7-5(10)2-4(8(11)12)3-6(7)16(9,13)14/h2-3H,1H3,(H2,11,12). The first-order valence-corrected chi connectivity index (χ1v) is 6.20. The van der Waals surface area contributed by atoms with E-state index in [9.17, 15) is 17.6 Å². The molecule has 0 aliphatic heterocycles. The first kappa shape index (κ1) is 12.7. The monoisotopic (exact) mass is 267 g/mol. The van der Waals surface area contributed by atoms with Crippen molar-refractivity contribution >= 4 is 25.6 Å². The van der Waals surface area contributed by atoms with E-state index in [4.69, 9.17) is 16.4 Å². The molecular formula is C8H7ClFNO4S. The topological polar surface area (TPSA) is 86.5 Å². The zero-order valence-electron chi connectivity index (χ0n) is 8.03. The number of carbonyl (C=O) groups excluding carboxylic acids is 1. The molecule has 8 heteroatoms. The van der Waals surface area contributed by atoms with Gasteiger partial charge < -0.3 is 10.5 Å². The Morgan fingerprint density at radius 2 is 2.06 bits per heavy atom. The maximum absolute atomic E-state index is 13.3. The van der Waals surface area contributed by atoms with Crippen molar-refractivity contribution in [1.82, 2.24) is 0 Å². The second kappa shape index (κ2) is 4.26. The normalized spacial score (nSPS) is 11.2. The molecule has 88 valence electrons. The molecule has 0 radical (unpaired) electrons. The summed E-state index contributed by atoms with van der Waals surface area (Å²) in [5, 5.41) is 0. The summed E-state index contributed by atoms with van der Waals surface area (Å²) >= 11 is 0. The fourth-order valence-electron chi connectivity index (χ4n) is 1.09. The minimum Gasteiger partial charge on any atom is -0.492 e. The van der Waals surface area contributed by atoms with Crippen molar-refractivity contribution in [2.45, 2.75) is 4.90 Å². The predicted octanol–water partition coefficient (Wildman–Crippen LogP) is 0.861. The minimum absolute atomic E-state index is 0.308. The number of benzene rings is 1. The second-order valence-corrected chi connectivity index (χ2v) is 5.33. The number of amides is 1. The van der Waals surface area contributed by atoms with Crippen LogP contribution in [-0.4, -0.2) is 21.4 Å². The molecule has 0 saturated heterocycles. The molecule has 0 spiro atoms. The van der Waals surface area contributed by atoms with E-state index in [0.717, 1.165) is 19.2 Å². The van der Waals surface area contributed by atoms with Crippen LogP contribution < -0.4 is 10.5 Å². The van der Waals surface area contributed by atoms with Crippen molar-refractivity contribution in [1.29, 1.82) is 0 Å². The molecule has 0 aliphatic carbocycles. The fraction of sp³-hybridized carbons (Fsp3) is 0.125. The van der Waals surface area contributed by atoms with Crippen LogP contribution in [0.15, 0.2) is 17.0 Å². The van der Waals surface area contributed by atoms with Crippen molar-refractivity contribution in [2.75, 3.05) is 7.11 Å². The van der Waals surface area contributed by atoms with E-state index in [1.807, 2.05) is 0 Å². The molecule has 0 fully saturated rings. The molecule has 1 aromatic carbocycles. The highest BCUT2D eigenvalue weighted by atomic mass is 35.7. The summed E-state index contributed by atoms with van der Waals surface area (Å²) in [6.07, 6.45) is 0. The Bertz CT molecular complexity index is 543. The molecule has 0 heterocycles.